The zero-order valence-corrected chi connectivity index (χ0v) is 12.0. The Bertz CT molecular complexity index is 408. The third-order valence-electron chi connectivity index (χ3n) is 3.12. The van der Waals surface area contributed by atoms with Crippen molar-refractivity contribution in [2.45, 2.75) is 56.5 Å². The highest BCUT2D eigenvalue weighted by Gasteiger charge is 2.15. The Hall–Kier alpha value is -0.350. The van der Waals surface area contributed by atoms with Gasteiger partial charge in [-0.3, -0.25) is 0 Å². The van der Waals surface area contributed by atoms with Crippen molar-refractivity contribution in [2.75, 3.05) is 0 Å². The van der Waals surface area contributed by atoms with Gasteiger partial charge < -0.3 is 4.98 Å². The first-order chi connectivity index (χ1) is 8.28. The van der Waals surface area contributed by atoms with Gasteiger partial charge in [-0.05, 0) is 25.3 Å². The molecule has 1 aliphatic rings. The number of thioether (sulfide) groups is 1. The summed E-state index contributed by atoms with van der Waals surface area (Å²) in [5.41, 5.74) is 1.23. The minimum absolute atomic E-state index is 0.731. The molecule has 0 aliphatic heterocycles. The fourth-order valence-corrected chi connectivity index (χ4v) is 3.74. The summed E-state index contributed by atoms with van der Waals surface area (Å²) < 4.78 is 0.731. The average molecular weight is 268 g/mol. The molecule has 1 saturated carbocycles. The standard InChI is InChI=1S/C13H20N2S2/c1-2-5-10-8-13(16)15-12(14-10)9-17-11-6-3-4-7-11/h8,11H,2-7,9H2,1H3,(H,14,15,16). The maximum Gasteiger partial charge on any atom is 0.130 e. The van der Waals surface area contributed by atoms with Crippen LogP contribution in [0.2, 0.25) is 0 Å². The Balaban J connectivity index is 1.96. The summed E-state index contributed by atoms with van der Waals surface area (Å²) in [5.74, 6) is 2.03. The summed E-state index contributed by atoms with van der Waals surface area (Å²) in [6.07, 6.45) is 7.76. The predicted molar refractivity (Wildman–Crippen MR) is 77.0 cm³/mol. The lowest BCUT2D eigenvalue weighted by Gasteiger charge is -2.09. The molecule has 17 heavy (non-hydrogen) atoms. The van der Waals surface area contributed by atoms with Gasteiger partial charge in [0.25, 0.3) is 0 Å². The van der Waals surface area contributed by atoms with E-state index >= 15 is 0 Å². The van der Waals surface area contributed by atoms with Crippen molar-refractivity contribution >= 4 is 24.0 Å². The van der Waals surface area contributed by atoms with E-state index < -0.39 is 0 Å². The van der Waals surface area contributed by atoms with Gasteiger partial charge in [0, 0.05) is 10.9 Å². The maximum absolute atomic E-state index is 5.21. The van der Waals surface area contributed by atoms with Crippen LogP contribution in [-0.2, 0) is 12.2 Å². The first kappa shape index (κ1) is 13.1. The summed E-state index contributed by atoms with van der Waals surface area (Å²) in [6, 6.07) is 1.99. The number of hydrogen-bond acceptors (Lipinski definition) is 3. The lowest BCUT2D eigenvalue weighted by Crippen LogP contribution is -2.01. The van der Waals surface area contributed by atoms with Crippen LogP contribution in [0.3, 0.4) is 0 Å². The highest BCUT2D eigenvalue weighted by Crippen LogP contribution is 2.30. The molecule has 1 aromatic rings. The molecule has 0 bridgehead atoms. The minimum Gasteiger partial charge on any atom is -0.346 e. The van der Waals surface area contributed by atoms with Gasteiger partial charge in [0.15, 0.2) is 0 Å². The molecule has 4 heteroatoms. The van der Waals surface area contributed by atoms with Gasteiger partial charge >= 0.3 is 0 Å². The molecule has 0 saturated heterocycles. The second-order valence-corrected chi connectivity index (χ2v) is 6.37. The molecule has 0 radical (unpaired) electrons. The number of nitrogens with one attached hydrogen (secondary N) is 1. The third kappa shape index (κ3) is 4.11. The molecule has 1 N–H and O–H groups in total. The van der Waals surface area contributed by atoms with Crippen LogP contribution in [0, 0.1) is 4.64 Å². The summed E-state index contributed by atoms with van der Waals surface area (Å²) in [6.45, 7) is 2.18. The summed E-state index contributed by atoms with van der Waals surface area (Å²) in [7, 11) is 0. The molecular weight excluding hydrogens is 248 g/mol. The monoisotopic (exact) mass is 268 g/mol. The zero-order valence-electron chi connectivity index (χ0n) is 10.4. The molecule has 0 unspecified atom stereocenters. The minimum atomic E-state index is 0.731. The number of nitrogens with zero attached hydrogens (tertiary/aromatic N) is 1. The van der Waals surface area contributed by atoms with E-state index in [0.29, 0.717) is 0 Å². The van der Waals surface area contributed by atoms with Gasteiger partial charge in [0.1, 0.15) is 10.5 Å². The van der Waals surface area contributed by atoms with E-state index in [1.54, 1.807) is 0 Å². The molecular formula is C13H20N2S2. The fraction of sp³-hybridized carbons (Fsp3) is 0.692. The third-order valence-corrected chi connectivity index (χ3v) is 4.72. The number of hydrogen-bond donors (Lipinski definition) is 1. The number of H-pyrrole nitrogens is 1. The van der Waals surface area contributed by atoms with Crippen molar-refractivity contribution in [3.05, 3.63) is 22.2 Å². The van der Waals surface area contributed by atoms with Crippen molar-refractivity contribution in [2.24, 2.45) is 0 Å². The van der Waals surface area contributed by atoms with Crippen LogP contribution in [0.5, 0.6) is 0 Å². The smallest absolute Gasteiger partial charge is 0.130 e. The van der Waals surface area contributed by atoms with Gasteiger partial charge in [0.05, 0.1) is 5.75 Å². The van der Waals surface area contributed by atoms with Crippen molar-refractivity contribution in [3.63, 3.8) is 0 Å². The van der Waals surface area contributed by atoms with Crippen molar-refractivity contribution in [1.29, 1.82) is 0 Å². The average Bonchev–Trinajstić information content (AvgIpc) is 2.79. The van der Waals surface area contributed by atoms with Crippen LogP contribution >= 0.6 is 24.0 Å². The van der Waals surface area contributed by atoms with Crippen LogP contribution in [0.15, 0.2) is 6.07 Å². The van der Waals surface area contributed by atoms with Crippen LogP contribution in [0.1, 0.15) is 50.5 Å². The van der Waals surface area contributed by atoms with Crippen molar-refractivity contribution < 1.29 is 0 Å². The Labute approximate surface area is 113 Å². The zero-order chi connectivity index (χ0) is 12.1. The van der Waals surface area contributed by atoms with E-state index in [9.17, 15) is 0 Å². The predicted octanol–water partition coefficient (Wildman–Crippen LogP) is 4.27. The van der Waals surface area contributed by atoms with Gasteiger partial charge in [-0.2, -0.15) is 11.8 Å². The molecule has 2 rings (SSSR count). The van der Waals surface area contributed by atoms with Gasteiger partial charge in [0.2, 0.25) is 0 Å². The highest BCUT2D eigenvalue weighted by molar-refractivity contribution is 7.99. The summed E-state index contributed by atoms with van der Waals surface area (Å²) >= 11 is 7.24. The Morgan fingerprint density at radius 2 is 2.24 bits per heavy atom. The van der Waals surface area contributed by atoms with E-state index in [1.165, 1.54) is 31.4 Å². The second-order valence-electron chi connectivity index (χ2n) is 4.66. The highest BCUT2D eigenvalue weighted by atomic mass is 32.2. The molecule has 1 fully saturated rings. The molecule has 0 aromatic carbocycles. The molecule has 1 aliphatic carbocycles. The molecule has 94 valence electrons. The second kappa shape index (κ2) is 6.55. The SMILES string of the molecule is CCCc1cc(=S)nc(CSC2CCCC2)[nH]1. The van der Waals surface area contributed by atoms with E-state index in [-0.39, 0.29) is 0 Å². The lowest BCUT2D eigenvalue weighted by molar-refractivity contribution is 0.847. The topological polar surface area (TPSA) is 28.7 Å². The van der Waals surface area contributed by atoms with E-state index in [2.05, 4.69) is 16.9 Å². The largest absolute Gasteiger partial charge is 0.346 e. The number of rotatable bonds is 5. The first-order valence-electron chi connectivity index (χ1n) is 6.48. The Morgan fingerprint density at radius 1 is 1.47 bits per heavy atom. The molecule has 0 amide bonds. The molecule has 1 aromatic heterocycles. The van der Waals surface area contributed by atoms with Crippen molar-refractivity contribution in [1.82, 2.24) is 9.97 Å². The summed E-state index contributed by atoms with van der Waals surface area (Å²) in [5, 5.41) is 0.841. The number of aryl methyl sites for hydroxylation is 1. The fourth-order valence-electron chi connectivity index (χ4n) is 2.29. The van der Waals surface area contributed by atoms with Crippen molar-refractivity contribution in [3.8, 4) is 0 Å². The maximum atomic E-state index is 5.21. The number of aromatic nitrogens is 2. The molecule has 2 nitrogen and oxygen atoms in total. The van der Waals surface area contributed by atoms with Crippen LogP contribution in [-0.4, -0.2) is 15.2 Å². The van der Waals surface area contributed by atoms with Crippen LogP contribution in [0.25, 0.3) is 0 Å². The summed E-state index contributed by atoms with van der Waals surface area (Å²) in [4.78, 5) is 7.83. The van der Waals surface area contributed by atoms with E-state index in [0.717, 1.165) is 34.3 Å². The molecule has 1 heterocycles. The molecule has 0 atom stereocenters. The van der Waals surface area contributed by atoms with Gasteiger partial charge in [-0.25, -0.2) is 4.98 Å². The van der Waals surface area contributed by atoms with Gasteiger partial charge in [-0.15, -0.1) is 0 Å². The lowest BCUT2D eigenvalue weighted by atomic mass is 10.2. The van der Waals surface area contributed by atoms with E-state index in [1.807, 2.05) is 17.8 Å². The quantitative estimate of drug-likeness (QED) is 0.809. The first-order valence-corrected chi connectivity index (χ1v) is 7.94. The van der Waals surface area contributed by atoms with Crippen LogP contribution < -0.4 is 0 Å². The van der Waals surface area contributed by atoms with Crippen LogP contribution in [0.4, 0.5) is 0 Å². The normalized spacial score (nSPS) is 16.5. The number of aromatic amines is 1. The van der Waals surface area contributed by atoms with Gasteiger partial charge in [-0.1, -0.05) is 38.4 Å². The molecule has 0 spiro atoms. The Morgan fingerprint density at radius 3 is 2.94 bits per heavy atom. The Kier molecular flexibility index (Phi) is 5.04. The van der Waals surface area contributed by atoms with E-state index in [4.69, 9.17) is 12.2 Å².